The zero-order chi connectivity index (χ0) is 11.3. The molecule has 4 nitrogen and oxygen atoms in total. The van der Waals surface area contributed by atoms with Crippen LogP contribution in [0.25, 0.3) is 0 Å². The minimum Gasteiger partial charge on any atom is -0.397 e. The molecule has 1 aromatic rings. The number of aryl methyl sites for hydroxylation is 1. The normalized spacial score (nSPS) is 12.5. The maximum absolute atomic E-state index is 8.86. The Hall–Kier alpha value is -1.29. The molecule has 0 amide bonds. The molecule has 0 bridgehead atoms. The number of aromatic nitrogens is 1. The first-order chi connectivity index (χ1) is 7.17. The largest absolute Gasteiger partial charge is 0.397 e. The van der Waals surface area contributed by atoms with E-state index in [9.17, 15) is 0 Å². The standard InChI is InChI=1S/C11H19N3O/c1-3-9(4-5-15)14-11-6-8(2)10(12)7-13-11/h6-7,9,15H,3-5,12H2,1-2H3,(H,13,14). The third kappa shape index (κ3) is 3.40. The molecule has 0 aliphatic heterocycles. The van der Waals surface area contributed by atoms with E-state index in [-0.39, 0.29) is 12.6 Å². The van der Waals surface area contributed by atoms with E-state index in [0.717, 1.165) is 24.2 Å². The van der Waals surface area contributed by atoms with Gasteiger partial charge in [0.2, 0.25) is 0 Å². The van der Waals surface area contributed by atoms with Gasteiger partial charge < -0.3 is 16.2 Å². The highest BCUT2D eigenvalue weighted by Crippen LogP contribution is 2.15. The highest BCUT2D eigenvalue weighted by atomic mass is 16.3. The van der Waals surface area contributed by atoms with E-state index in [1.807, 2.05) is 13.0 Å². The van der Waals surface area contributed by atoms with Gasteiger partial charge in [-0.3, -0.25) is 0 Å². The van der Waals surface area contributed by atoms with Crippen molar-refractivity contribution in [2.75, 3.05) is 17.7 Å². The Bertz CT molecular complexity index is 315. The number of aliphatic hydroxyl groups is 1. The second-order valence-electron chi connectivity index (χ2n) is 3.69. The summed E-state index contributed by atoms with van der Waals surface area (Å²) in [7, 11) is 0. The second-order valence-corrected chi connectivity index (χ2v) is 3.69. The van der Waals surface area contributed by atoms with Crippen molar-refractivity contribution < 1.29 is 5.11 Å². The highest BCUT2D eigenvalue weighted by Gasteiger charge is 2.06. The molecule has 0 aliphatic carbocycles. The van der Waals surface area contributed by atoms with Crippen molar-refractivity contribution >= 4 is 11.5 Å². The topological polar surface area (TPSA) is 71.2 Å². The average Bonchev–Trinajstić information content (AvgIpc) is 2.23. The van der Waals surface area contributed by atoms with Gasteiger partial charge in [-0.25, -0.2) is 4.98 Å². The summed E-state index contributed by atoms with van der Waals surface area (Å²) in [6.45, 7) is 4.23. The predicted molar refractivity (Wildman–Crippen MR) is 62.8 cm³/mol. The van der Waals surface area contributed by atoms with Crippen LogP contribution in [0.5, 0.6) is 0 Å². The van der Waals surface area contributed by atoms with Crippen molar-refractivity contribution in [1.82, 2.24) is 4.98 Å². The van der Waals surface area contributed by atoms with E-state index in [0.29, 0.717) is 5.69 Å². The number of hydrogen-bond acceptors (Lipinski definition) is 4. The quantitative estimate of drug-likeness (QED) is 0.688. The molecule has 15 heavy (non-hydrogen) atoms. The number of aliphatic hydroxyl groups excluding tert-OH is 1. The second kappa shape index (κ2) is 5.56. The molecule has 0 saturated heterocycles. The SMILES string of the molecule is CCC(CCO)Nc1cc(C)c(N)cn1. The number of rotatable bonds is 5. The van der Waals surface area contributed by atoms with Gasteiger partial charge in [0.1, 0.15) is 5.82 Å². The molecule has 1 heterocycles. The minimum atomic E-state index is 0.194. The lowest BCUT2D eigenvalue weighted by Gasteiger charge is -2.16. The Morgan fingerprint density at radius 3 is 2.87 bits per heavy atom. The summed E-state index contributed by atoms with van der Waals surface area (Å²) in [5.74, 6) is 0.821. The molecule has 0 fully saturated rings. The van der Waals surface area contributed by atoms with Crippen LogP contribution in [0.2, 0.25) is 0 Å². The zero-order valence-corrected chi connectivity index (χ0v) is 9.33. The van der Waals surface area contributed by atoms with Crippen LogP contribution in [0.4, 0.5) is 11.5 Å². The Morgan fingerprint density at radius 2 is 2.33 bits per heavy atom. The number of pyridine rings is 1. The first-order valence-corrected chi connectivity index (χ1v) is 5.27. The zero-order valence-electron chi connectivity index (χ0n) is 9.33. The molecule has 1 unspecified atom stereocenters. The molecule has 0 aliphatic rings. The van der Waals surface area contributed by atoms with Crippen LogP contribution in [-0.4, -0.2) is 22.7 Å². The molecule has 1 atom stereocenters. The number of nitrogen functional groups attached to an aromatic ring is 1. The van der Waals surface area contributed by atoms with E-state index >= 15 is 0 Å². The predicted octanol–water partition coefficient (Wildman–Crippen LogP) is 1.55. The molecule has 4 heteroatoms. The minimum absolute atomic E-state index is 0.194. The van der Waals surface area contributed by atoms with Crippen LogP contribution in [0.3, 0.4) is 0 Å². The first kappa shape index (κ1) is 11.8. The van der Waals surface area contributed by atoms with E-state index in [4.69, 9.17) is 10.8 Å². The molecule has 0 spiro atoms. The van der Waals surface area contributed by atoms with Crippen LogP contribution in [0.1, 0.15) is 25.3 Å². The van der Waals surface area contributed by atoms with Gasteiger partial charge in [-0.15, -0.1) is 0 Å². The van der Waals surface area contributed by atoms with Crippen molar-refractivity contribution in [3.8, 4) is 0 Å². The average molecular weight is 209 g/mol. The molecule has 1 rings (SSSR count). The third-order valence-corrected chi connectivity index (χ3v) is 2.47. The summed E-state index contributed by atoms with van der Waals surface area (Å²) >= 11 is 0. The molecular weight excluding hydrogens is 190 g/mol. The van der Waals surface area contributed by atoms with Gasteiger partial charge in [0.05, 0.1) is 11.9 Å². The molecule has 0 saturated carbocycles. The van der Waals surface area contributed by atoms with Gasteiger partial charge in [-0.2, -0.15) is 0 Å². The Kier molecular flexibility index (Phi) is 4.37. The Balaban J connectivity index is 2.66. The van der Waals surface area contributed by atoms with Crippen LogP contribution in [0.15, 0.2) is 12.3 Å². The van der Waals surface area contributed by atoms with Crippen LogP contribution < -0.4 is 11.1 Å². The molecule has 84 valence electrons. The van der Waals surface area contributed by atoms with Crippen molar-refractivity contribution in [2.24, 2.45) is 0 Å². The molecule has 4 N–H and O–H groups in total. The van der Waals surface area contributed by atoms with Gasteiger partial charge in [-0.1, -0.05) is 6.92 Å². The van der Waals surface area contributed by atoms with Crippen molar-refractivity contribution in [1.29, 1.82) is 0 Å². The van der Waals surface area contributed by atoms with Gasteiger partial charge in [0, 0.05) is 12.6 Å². The van der Waals surface area contributed by atoms with Gasteiger partial charge in [0.25, 0.3) is 0 Å². The van der Waals surface area contributed by atoms with E-state index in [2.05, 4.69) is 17.2 Å². The fraction of sp³-hybridized carbons (Fsp3) is 0.545. The summed E-state index contributed by atoms with van der Waals surface area (Å²) in [5, 5.41) is 12.1. The van der Waals surface area contributed by atoms with E-state index < -0.39 is 0 Å². The maximum atomic E-state index is 8.86. The lowest BCUT2D eigenvalue weighted by Crippen LogP contribution is -2.20. The number of nitrogens with two attached hydrogens (primary N) is 1. The smallest absolute Gasteiger partial charge is 0.126 e. The third-order valence-electron chi connectivity index (χ3n) is 2.47. The fourth-order valence-electron chi connectivity index (χ4n) is 1.39. The van der Waals surface area contributed by atoms with Crippen LogP contribution in [-0.2, 0) is 0 Å². The summed E-state index contributed by atoms with van der Waals surface area (Å²) in [5.41, 5.74) is 7.40. The molecule has 0 aromatic carbocycles. The molecular formula is C11H19N3O. The summed E-state index contributed by atoms with van der Waals surface area (Å²) in [6.07, 6.45) is 3.36. The van der Waals surface area contributed by atoms with Gasteiger partial charge in [-0.05, 0) is 31.4 Å². The monoisotopic (exact) mass is 209 g/mol. The van der Waals surface area contributed by atoms with Gasteiger partial charge in [0.15, 0.2) is 0 Å². The fourth-order valence-corrected chi connectivity index (χ4v) is 1.39. The van der Waals surface area contributed by atoms with E-state index in [1.54, 1.807) is 6.20 Å². The van der Waals surface area contributed by atoms with Crippen LogP contribution in [0, 0.1) is 6.92 Å². The number of hydrogen-bond donors (Lipinski definition) is 3. The van der Waals surface area contributed by atoms with Crippen molar-refractivity contribution in [3.63, 3.8) is 0 Å². The first-order valence-electron chi connectivity index (χ1n) is 5.27. The van der Waals surface area contributed by atoms with Crippen molar-refractivity contribution in [2.45, 2.75) is 32.7 Å². The van der Waals surface area contributed by atoms with Crippen molar-refractivity contribution in [3.05, 3.63) is 17.8 Å². The highest BCUT2D eigenvalue weighted by molar-refractivity contribution is 5.51. The van der Waals surface area contributed by atoms with Gasteiger partial charge >= 0.3 is 0 Å². The maximum Gasteiger partial charge on any atom is 0.126 e. The summed E-state index contributed by atoms with van der Waals surface area (Å²) < 4.78 is 0. The lowest BCUT2D eigenvalue weighted by molar-refractivity contribution is 0.278. The molecule has 1 aromatic heterocycles. The number of anilines is 2. The Labute approximate surface area is 90.5 Å². The Morgan fingerprint density at radius 1 is 1.60 bits per heavy atom. The van der Waals surface area contributed by atoms with Crippen LogP contribution >= 0.6 is 0 Å². The van der Waals surface area contributed by atoms with E-state index in [1.165, 1.54) is 0 Å². The number of nitrogens with zero attached hydrogens (tertiary/aromatic N) is 1. The summed E-state index contributed by atoms with van der Waals surface area (Å²) in [6, 6.07) is 2.19. The lowest BCUT2D eigenvalue weighted by atomic mass is 10.1. The number of nitrogens with one attached hydrogen (secondary N) is 1. The molecule has 0 radical (unpaired) electrons. The summed E-state index contributed by atoms with van der Waals surface area (Å²) in [4.78, 5) is 4.19.